The number of rotatable bonds is 5. The van der Waals surface area contributed by atoms with Gasteiger partial charge in [0.05, 0.1) is 30.2 Å². The monoisotopic (exact) mass is 527 g/mol. The number of ether oxygens (including phenoxy) is 3. The van der Waals surface area contributed by atoms with Crippen LogP contribution in [0, 0.1) is 5.82 Å². The molecule has 0 N–H and O–H groups in total. The van der Waals surface area contributed by atoms with E-state index in [1.165, 1.54) is 19.4 Å². The maximum atomic E-state index is 15.8. The third-order valence-electron chi connectivity index (χ3n) is 7.14. The van der Waals surface area contributed by atoms with Crippen LogP contribution in [0.15, 0.2) is 23.1 Å². The number of aromatic nitrogens is 1. The minimum Gasteiger partial charge on any atom is -0.494 e. The maximum absolute atomic E-state index is 15.8. The predicted molar refractivity (Wildman–Crippen MR) is 140 cm³/mol. The zero-order chi connectivity index (χ0) is 27.4. The van der Waals surface area contributed by atoms with Crippen LogP contribution < -0.4 is 10.2 Å². The van der Waals surface area contributed by atoms with E-state index in [0.717, 1.165) is 18.4 Å². The van der Waals surface area contributed by atoms with Gasteiger partial charge in [0.25, 0.3) is 0 Å². The van der Waals surface area contributed by atoms with E-state index in [9.17, 15) is 14.4 Å². The first-order valence-electron chi connectivity index (χ1n) is 13.1. The number of benzene rings is 1. The number of methoxy groups -OCH3 is 1. The van der Waals surface area contributed by atoms with Crippen molar-refractivity contribution in [3.63, 3.8) is 0 Å². The lowest BCUT2D eigenvalue weighted by molar-refractivity contribution is 0.0114. The SMILES string of the molecule is CCOC(=O)c1cn(C2CC2)c2c(OC)c(C3=CC4CN(C(=O)OC(C)(C)C)CCN4C3)c(F)cc2c1=O. The van der Waals surface area contributed by atoms with Crippen molar-refractivity contribution in [2.75, 3.05) is 39.9 Å². The van der Waals surface area contributed by atoms with Crippen molar-refractivity contribution in [2.24, 2.45) is 0 Å². The summed E-state index contributed by atoms with van der Waals surface area (Å²) >= 11 is 0. The van der Waals surface area contributed by atoms with Crippen LogP contribution in [-0.2, 0) is 9.47 Å². The van der Waals surface area contributed by atoms with Gasteiger partial charge in [-0.3, -0.25) is 9.69 Å². The first-order valence-corrected chi connectivity index (χ1v) is 13.1. The van der Waals surface area contributed by atoms with Crippen molar-refractivity contribution in [3.05, 3.63) is 45.5 Å². The van der Waals surface area contributed by atoms with Crippen LogP contribution in [0.4, 0.5) is 9.18 Å². The number of piperazine rings is 1. The number of amides is 1. The zero-order valence-electron chi connectivity index (χ0n) is 22.5. The standard InChI is InChI=1S/C28H34FN3O6/c1-6-37-26(34)20-15-32(17-7-8-17)23-19(24(20)33)12-21(29)22(25(23)36-5)16-11-18-14-31(10-9-30(18)13-16)27(35)38-28(2,3)4/h11-12,15,17-18H,6-10,13-14H2,1-5H3. The maximum Gasteiger partial charge on any atom is 0.410 e. The fraction of sp³-hybridized carbons (Fsp3) is 0.536. The van der Waals surface area contributed by atoms with Gasteiger partial charge in [0, 0.05) is 44.5 Å². The van der Waals surface area contributed by atoms with Gasteiger partial charge in [0.1, 0.15) is 17.0 Å². The summed E-state index contributed by atoms with van der Waals surface area (Å²) in [5.74, 6) is -1.04. The molecular weight excluding hydrogens is 493 g/mol. The minimum absolute atomic E-state index is 0.0877. The Morgan fingerprint density at radius 3 is 2.55 bits per heavy atom. The molecule has 1 aromatic heterocycles. The molecule has 3 aliphatic rings. The molecule has 1 atom stereocenters. The Bertz CT molecular complexity index is 1390. The molecule has 1 aromatic carbocycles. The first kappa shape index (κ1) is 26.2. The van der Waals surface area contributed by atoms with E-state index < -0.39 is 22.8 Å². The van der Waals surface area contributed by atoms with Crippen LogP contribution in [0.2, 0.25) is 0 Å². The summed E-state index contributed by atoms with van der Waals surface area (Å²) in [7, 11) is 1.46. The summed E-state index contributed by atoms with van der Waals surface area (Å²) in [5.41, 5.74) is 0.240. The second-order valence-electron chi connectivity index (χ2n) is 11.0. The molecule has 1 aliphatic carbocycles. The third-order valence-corrected chi connectivity index (χ3v) is 7.14. The lowest BCUT2D eigenvalue weighted by atomic mass is 9.99. The predicted octanol–water partition coefficient (Wildman–Crippen LogP) is 3.98. The molecule has 10 heteroatoms. The molecule has 2 aromatic rings. The number of carbonyl (C=O) groups excluding carboxylic acids is 2. The van der Waals surface area contributed by atoms with Crippen molar-refractivity contribution in [2.45, 2.75) is 58.2 Å². The topological polar surface area (TPSA) is 90.3 Å². The van der Waals surface area contributed by atoms with E-state index in [-0.39, 0.29) is 41.5 Å². The molecule has 1 unspecified atom stereocenters. The highest BCUT2D eigenvalue weighted by molar-refractivity contribution is 5.97. The highest BCUT2D eigenvalue weighted by atomic mass is 19.1. The van der Waals surface area contributed by atoms with Crippen LogP contribution in [0.25, 0.3) is 16.5 Å². The third kappa shape index (κ3) is 4.77. The number of carbonyl (C=O) groups is 2. The lowest BCUT2D eigenvalue weighted by Gasteiger charge is -2.37. The number of halogens is 1. The van der Waals surface area contributed by atoms with E-state index >= 15 is 4.39 Å². The van der Waals surface area contributed by atoms with Gasteiger partial charge in [-0.25, -0.2) is 14.0 Å². The highest BCUT2D eigenvalue weighted by Crippen LogP contribution is 2.43. The van der Waals surface area contributed by atoms with Gasteiger partial charge in [-0.2, -0.15) is 0 Å². The normalized spacial score (nSPS) is 19.8. The van der Waals surface area contributed by atoms with Crippen molar-refractivity contribution in [1.82, 2.24) is 14.4 Å². The molecule has 1 amide bonds. The summed E-state index contributed by atoms with van der Waals surface area (Å²) in [6.45, 7) is 9.36. The largest absolute Gasteiger partial charge is 0.494 e. The molecule has 2 fully saturated rings. The van der Waals surface area contributed by atoms with Crippen LogP contribution in [0.3, 0.4) is 0 Å². The number of esters is 1. The molecule has 2 aliphatic heterocycles. The summed E-state index contributed by atoms with van der Waals surface area (Å²) in [6, 6.07) is 1.20. The summed E-state index contributed by atoms with van der Waals surface area (Å²) in [4.78, 5) is 42.3. The van der Waals surface area contributed by atoms with Gasteiger partial charge < -0.3 is 23.7 Å². The number of nitrogens with zero attached hydrogens (tertiary/aromatic N) is 3. The molecule has 9 nitrogen and oxygen atoms in total. The van der Waals surface area contributed by atoms with E-state index in [0.29, 0.717) is 37.3 Å². The molecule has 0 bridgehead atoms. The molecule has 1 saturated heterocycles. The fourth-order valence-corrected chi connectivity index (χ4v) is 5.31. The Labute approximate surface area is 220 Å². The molecule has 1 saturated carbocycles. The average molecular weight is 528 g/mol. The molecule has 5 rings (SSSR count). The van der Waals surface area contributed by atoms with Crippen LogP contribution >= 0.6 is 0 Å². The minimum atomic E-state index is -0.720. The van der Waals surface area contributed by atoms with Gasteiger partial charge in [0.15, 0.2) is 5.75 Å². The lowest BCUT2D eigenvalue weighted by Crippen LogP contribution is -2.53. The van der Waals surface area contributed by atoms with Gasteiger partial charge in [-0.1, -0.05) is 6.08 Å². The number of hydrogen-bond donors (Lipinski definition) is 0. The van der Waals surface area contributed by atoms with E-state index in [1.807, 2.05) is 31.4 Å². The quantitative estimate of drug-likeness (QED) is 0.544. The molecule has 0 radical (unpaired) electrons. The van der Waals surface area contributed by atoms with Crippen LogP contribution in [-0.4, -0.2) is 78.0 Å². The van der Waals surface area contributed by atoms with Crippen molar-refractivity contribution in [3.8, 4) is 5.75 Å². The van der Waals surface area contributed by atoms with E-state index in [4.69, 9.17) is 14.2 Å². The average Bonchev–Trinajstić information content (AvgIpc) is 3.60. The Morgan fingerprint density at radius 2 is 1.92 bits per heavy atom. The zero-order valence-corrected chi connectivity index (χ0v) is 22.5. The van der Waals surface area contributed by atoms with Crippen molar-refractivity contribution in [1.29, 1.82) is 0 Å². The van der Waals surface area contributed by atoms with Gasteiger partial charge in [0.2, 0.25) is 5.43 Å². The van der Waals surface area contributed by atoms with Crippen molar-refractivity contribution >= 4 is 28.5 Å². The Kier molecular flexibility index (Phi) is 6.71. The highest BCUT2D eigenvalue weighted by Gasteiger charge is 2.37. The summed E-state index contributed by atoms with van der Waals surface area (Å²) in [6.07, 6.45) is 4.90. The van der Waals surface area contributed by atoms with Gasteiger partial charge in [-0.05, 0) is 52.2 Å². The Morgan fingerprint density at radius 1 is 1.18 bits per heavy atom. The summed E-state index contributed by atoms with van der Waals surface area (Å²) in [5, 5.41) is 0.0907. The first-order chi connectivity index (χ1) is 18.0. The molecule has 0 spiro atoms. The van der Waals surface area contributed by atoms with Crippen molar-refractivity contribution < 1.29 is 28.2 Å². The molecule has 3 heterocycles. The fourth-order valence-electron chi connectivity index (χ4n) is 5.31. The van der Waals surface area contributed by atoms with Gasteiger partial charge >= 0.3 is 12.1 Å². The second-order valence-corrected chi connectivity index (χ2v) is 11.0. The Hall–Kier alpha value is -3.40. The second kappa shape index (κ2) is 9.72. The van der Waals surface area contributed by atoms with Gasteiger partial charge in [-0.15, -0.1) is 0 Å². The summed E-state index contributed by atoms with van der Waals surface area (Å²) < 4.78 is 34.1. The van der Waals surface area contributed by atoms with Crippen LogP contribution in [0.1, 0.15) is 62.5 Å². The Balaban J connectivity index is 1.56. The smallest absolute Gasteiger partial charge is 0.410 e. The van der Waals surface area contributed by atoms with E-state index in [2.05, 4.69) is 4.90 Å². The molecule has 38 heavy (non-hydrogen) atoms. The number of hydrogen-bond acceptors (Lipinski definition) is 7. The van der Waals surface area contributed by atoms with E-state index in [1.54, 1.807) is 11.8 Å². The number of pyridine rings is 1. The van der Waals surface area contributed by atoms with Crippen LogP contribution in [0.5, 0.6) is 5.75 Å². The number of fused-ring (bicyclic) bond motifs is 2. The molecule has 204 valence electrons. The molecular formula is C28H34FN3O6.